The average molecular weight is 184 g/mol. The molecule has 13 heavy (non-hydrogen) atoms. The second kappa shape index (κ2) is 3.36. The molecule has 0 aromatic rings. The van der Waals surface area contributed by atoms with Crippen molar-refractivity contribution in [3.8, 4) is 0 Å². The lowest BCUT2D eigenvalue weighted by Crippen LogP contribution is -2.52. The normalized spacial score (nSPS) is 16.6. The number of aliphatic imine (C=N–C) groups is 1. The molecule has 0 aromatic carbocycles. The minimum Gasteiger partial charge on any atom is -0.444 e. The lowest BCUT2D eigenvalue weighted by Gasteiger charge is -2.34. The van der Waals surface area contributed by atoms with Crippen molar-refractivity contribution >= 4 is 11.8 Å². The van der Waals surface area contributed by atoms with Crippen molar-refractivity contribution in [3.63, 3.8) is 0 Å². The predicted molar refractivity (Wildman–Crippen MR) is 51.2 cm³/mol. The Labute approximate surface area is 78.6 Å². The van der Waals surface area contributed by atoms with Gasteiger partial charge in [-0.2, -0.15) is 0 Å². The quantitative estimate of drug-likeness (QED) is 0.569. The number of rotatable bonds is 0. The van der Waals surface area contributed by atoms with Crippen LogP contribution >= 0.6 is 0 Å². The van der Waals surface area contributed by atoms with Crippen LogP contribution in [0.1, 0.15) is 20.8 Å². The SMILES string of the molecule is CN=C1CN(C(=O)OC(C)(C)C)C1. The summed E-state index contributed by atoms with van der Waals surface area (Å²) in [5.41, 5.74) is 0.641. The van der Waals surface area contributed by atoms with E-state index in [1.54, 1.807) is 11.9 Å². The Morgan fingerprint density at radius 2 is 2.00 bits per heavy atom. The van der Waals surface area contributed by atoms with Crippen LogP contribution in [0.15, 0.2) is 4.99 Å². The number of nitrogens with zero attached hydrogens (tertiary/aromatic N) is 2. The Hall–Kier alpha value is -1.06. The lowest BCUT2D eigenvalue weighted by atomic mass is 10.2. The van der Waals surface area contributed by atoms with E-state index in [1.807, 2.05) is 20.8 Å². The smallest absolute Gasteiger partial charge is 0.410 e. The molecular weight excluding hydrogens is 168 g/mol. The molecule has 0 aliphatic carbocycles. The molecule has 0 unspecified atom stereocenters. The molecule has 1 aliphatic heterocycles. The third kappa shape index (κ3) is 2.72. The molecule has 4 heteroatoms. The molecule has 4 nitrogen and oxygen atoms in total. The lowest BCUT2D eigenvalue weighted by molar-refractivity contribution is 0.0265. The van der Waals surface area contributed by atoms with Crippen LogP contribution in [0.2, 0.25) is 0 Å². The van der Waals surface area contributed by atoms with E-state index in [4.69, 9.17) is 4.74 Å². The van der Waals surface area contributed by atoms with Crippen LogP contribution in [0.3, 0.4) is 0 Å². The van der Waals surface area contributed by atoms with Crippen LogP contribution in [0.4, 0.5) is 4.79 Å². The van der Waals surface area contributed by atoms with Gasteiger partial charge in [0.05, 0.1) is 18.8 Å². The van der Waals surface area contributed by atoms with Gasteiger partial charge in [-0.3, -0.25) is 9.89 Å². The van der Waals surface area contributed by atoms with Gasteiger partial charge in [0.15, 0.2) is 0 Å². The van der Waals surface area contributed by atoms with Gasteiger partial charge in [-0.1, -0.05) is 0 Å². The third-order valence-electron chi connectivity index (χ3n) is 1.71. The first-order chi connectivity index (χ1) is 5.92. The highest BCUT2D eigenvalue weighted by Gasteiger charge is 2.29. The van der Waals surface area contributed by atoms with Crippen molar-refractivity contribution in [2.45, 2.75) is 26.4 Å². The summed E-state index contributed by atoms with van der Waals surface area (Å²) in [4.78, 5) is 17.0. The van der Waals surface area contributed by atoms with E-state index in [0.717, 1.165) is 5.71 Å². The second-order valence-corrected chi connectivity index (χ2v) is 4.13. The number of ether oxygens (including phenoxy) is 1. The summed E-state index contributed by atoms with van der Waals surface area (Å²) >= 11 is 0. The Morgan fingerprint density at radius 1 is 1.46 bits per heavy atom. The second-order valence-electron chi connectivity index (χ2n) is 4.13. The van der Waals surface area contributed by atoms with Crippen LogP contribution < -0.4 is 0 Å². The molecule has 1 heterocycles. The first kappa shape index (κ1) is 10.0. The molecule has 1 amide bonds. The number of carbonyl (C=O) groups excluding carboxylic acids is 1. The highest BCUT2D eigenvalue weighted by molar-refractivity contribution is 5.98. The zero-order chi connectivity index (χ0) is 10.1. The molecule has 1 rings (SSSR count). The fourth-order valence-electron chi connectivity index (χ4n) is 0.991. The zero-order valence-electron chi connectivity index (χ0n) is 8.63. The van der Waals surface area contributed by atoms with E-state index in [0.29, 0.717) is 13.1 Å². The van der Waals surface area contributed by atoms with Crippen LogP contribution in [-0.2, 0) is 4.74 Å². The highest BCUT2D eigenvalue weighted by Crippen LogP contribution is 2.13. The highest BCUT2D eigenvalue weighted by atomic mass is 16.6. The molecule has 1 aliphatic rings. The molecule has 74 valence electrons. The standard InChI is InChI=1S/C9H16N2O2/c1-9(2,3)13-8(12)11-5-7(6-11)10-4/h5-6H2,1-4H3. The number of hydrogen-bond donors (Lipinski definition) is 0. The monoisotopic (exact) mass is 184 g/mol. The van der Waals surface area contributed by atoms with E-state index in [2.05, 4.69) is 4.99 Å². The molecule has 0 aromatic heterocycles. The van der Waals surface area contributed by atoms with E-state index in [1.165, 1.54) is 0 Å². The maximum absolute atomic E-state index is 11.4. The fraction of sp³-hybridized carbons (Fsp3) is 0.778. The molecular formula is C9H16N2O2. The van der Waals surface area contributed by atoms with E-state index >= 15 is 0 Å². The van der Waals surface area contributed by atoms with E-state index in [9.17, 15) is 4.79 Å². The minimum atomic E-state index is -0.407. The van der Waals surface area contributed by atoms with Crippen LogP contribution in [0, 0.1) is 0 Å². The van der Waals surface area contributed by atoms with Crippen molar-refractivity contribution < 1.29 is 9.53 Å². The Morgan fingerprint density at radius 3 is 2.38 bits per heavy atom. The summed E-state index contributed by atoms with van der Waals surface area (Å²) < 4.78 is 5.17. The summed E-state index contributed by atoms with van der Waals surface area (Å²) in [6.45, 7) is 6.81. The Bertz CT molecular complexity index is 232. The van der Waals surface area contributed by atoms with Gasteiger partial charge >= 0.3 is 6.09 Å². The van der Waals surface area contributed by atoms with Gasteiger partial charge in [0, 0.05) is 7.05 Å². The van der Waals surface area contributed by atoms with Gasteiger partial charge in [-0.25, -0.2) is 4.79 Å². The molecule has 1 fully saturated rings. The predicted octanol–water partition coefficient (Wildman–Crippen LogP) is 1.31. The maximum atomic E-state index is 11.4. The number of hydrogen-bond acceptors (Lipinski definition) is 3. The van der Waals surface area contributed by atoms with Crippen LogP contribution in [0.25, 0.3) is 0 Å². The minimum absolute atomic E-state index is 0.250. The molecule has 0 atom stereocenters. The van der Waals surface area contributed by atoms with E-state index in [-0.39, 0.29) is 6.09 Å². The first-order valence-corrected chi connectivity index (χ1v) is 4.35. The van der Waals surface area contributed by atoms with Crippen molar-refractivity contribution in [2.24, 2.45) is 4.99 Å². The Kier molecular flexibility index (Phi) is 2.59. The Balaban J connectivity index is 2.36. The number of carbonyl (C=O) groups is 1. The van der Waals surface area contributed by atoms with Crippen LogP contribution in [0.5, 0.6) is 0 Å². The van der Waals surface area contributed by atoms with Crippen molar-refractivity contribution in [1.29, 1.82) is 0 Å². The van der Waals surface area contributed by atoms with Crippen molar-refractivity contribution in [2.75, 3.05) is 20.1 Å². The molecule has 1 saturated heterocycles. The molecule has 0 spiro atoms. The number of amides is 1. The third-order valence-corrected chi connectivity index (χ3v) is 1.71. The van der Waals surface area contributed by atoms with E-state index < -0.39 is 5.60 Å². The summed E-state index contributed by atoms with van der Waals surface area (Å²) in [6.07, 6.45) is -0.250. The van der Waals surface area contributed by atoms with Crippen molar-refractivity contribution in [1.82, 2.24) is 4.90 Å². The van der Waals surface area contributed by atoms with Crippen molar-refractivity contribution in [3.05, 3.63) is 0 Å². The summed E-state index contributed by atoms with van der Waals surface area (Å²) in [5, 5.41) is 0. The summed E-state index contributed by atoms with van der Waals surface area (Å²) in [5.74, 6) is 0. The van der Waals surface area contributed by atoms with Gasteiger partial charge in [-0.15, -0.1) is 0 Å². The molecule has 0 bridgehead atoms. The van der Waals surface area contributed by atoms with Gasteiger partial charge in [0.1, 0.15) is 5.60 Å². The number of likely N-dealkylation sites (tertiary alicyclic amines) is 1. The summed E-state index contributed by atoms with van der Waals surface area (Å²) in [6, 6.07) is 0. The summed E-state index contributed by atoms with van der Waals surface area (Å²) in [7, 11) is 1.74. The topological polar surface area (TPSA) is 41.9 Å². The van der Waals surface area contributed by atoms with Gasteiger partial charge in [0.25, 0.3) is 0 Å². The molecule has 0 saturated carbocycles. The fourth-order valence-corrected chi connectivity index (χ4v) is 0.991. The van der Waals surface area contributed by atoms with Gasteiger partial charge in [-0.05, 0) is 20.8 Å². The zero-order valence-corrected chi connectivity index (χ0v) is 8.63. The average Bonchev–Trinajstić information content (AvgIpc) is 1.79. The maximum Gasteiger partial charge on any atom is 0.410 e. The van der Waals surface area contributed by atoms with Crippen LogP contribution in [-0.4, -0.2) is 42.4 Å². The first-order valence-electron chi connectivity index (χ1n) is 4.35. The van der Waals surface area contributed by atoms with Gasteiger partial charge in [0.2, 0.25) is 0 Å². The molecule has 0 radical (unpaired) electrons. The van der Waals surface area contributed by atoms with Gasteiger partial charge < -0.3 is 4.74 Å². The molecule has 0 N–H and O–H groups in total. The largest absolute Gasteiger partial charge is 0.444 e.